The van der Waals surface area contributed by atoms with Crippen molar-refractivity contribution in [2.75, 3.05) is 13.1 Å². The lowest BCUT2D eigenvalue weighted by Gasteiger charge is -2.20. The van der Waals surface area contributed by atoms with Gasteiger partial charge in [0.25, 0.3) is 0 Å². The summed E-state index contributed by atoms with van der Waals surface area (Å²) in [6.45, 7) is 8.25. The molecule has 2 rings (SSSR count). The zero-order valence-electron chi connectivity index (χ0n) is 11.7. The number of aromatic nitrogens is 2. The molecule has 0 saturated carbocycles. The van der Waals surface area contributed by atoms with Gasteiger partial charge in [0, 0.05) is 18.5 Å². The van der Waals surface area contributed by atoms with Gasteiger partial charge >= 0.3 is 0 Å². The quantitative estimate of drug-likeness (QED) is 0.757. The van der Waals surface area contributed by atoms with E-state index < -0.39 is 0 Å². The van der Waals surface area contributed by atoms with Crippen LogP contribution in [0.3, 0.4) is 0 Å². The Morgan fingerprint density at radius 3 is 2.57 bits per heavy atom. The molecule has 108 valence electrons. The van der Waals surface area contributed by atoms with E-state index >= 15 is 0 Å². The van der Waals surface area contributed by atoms with E-state index in [0.717, 1.165) is 0 Å². The van der Waals surface area contributed by atoms with Crippen LogP contribution in [0.4, 0.5) is 0 Å². The van der Waals surface area contributed by atoms with E-state index in [9.17, 15) is 9.59 Å². The van der Waals surface area contributed by atoms with Gasteiger partial charge in [0.05, 0.1) is 11.7 Å². The first kappa shape index (κ1) is 14.7. The number of nitrogens with zero attached hydrogens (tertiary/aromatic N) is 3. The van der Waals surface area contributed by atoms with Crippen molar-refractivity contribution < 1.29 is 4.79 Å². The Morgan fingerprint density at radius 2 is 1.90 bits per heavy atom. The molecule has 0 aliphatic carbocycles. The highest BCUT2D eigenvalue weighted by atomic mass is 16.2. The van der Waals surface area contributed by atoms with E-state index in [4.69, 9.17) is 0 Å². The minimum absolute atomic E-state index is 0.0719. The van der Waals surface area contributed by atoms with Gasteiger partial charge in [-0.3, -0.25) is 14.3 Å². The van der Waals surface area contributed by atoms with Crippen LogP contribution in [0.25, 0.3) is 10.9 Å². The van der Waals surface area contributed by atoms with Gasteiger partial charge in [0.15, 0.2) is 0 Å². The summed E-state index contributed by atoms with van der Waals surface area (Å²) in [5.74, 6) is -0.101. The van der Waals surface area contributed by atoms with E-state index in [1.807, 2.05) is 6.07 Å². The fourth-order valence-corrected chi connectivity index (χ4v) is 2.10. The third-order valence-electron chi connectivity index (χ3n) is 3.10. The van der Waals surface area contributed by atoms with Crippen LogP contribution in [0, 0.1) is 0 Å². The molecule has 21 heavy (non-hydrogen) atoms. The Hall–Kier alpha value is -2.69. The first-order valence-corrected chi connectivity index (χ1v) is 6.61. The maximum atomic E-state index is 12.3. The van der Waals surface area contributed by atoms with Gasteiger partial charge in [-0.05, 0) is 12.1 Å². The van der Waals surface area contributed by atoms with Crippen molar-refractivity contribution in [3.63, 3.8) is 0 Å². The van der Waals surface area contributed by atoms with Crippen LogP contribution in [-0.2, 0) is 11.3 Å². The summed E-state index contributed by atoms with van der Waals surface area (Å²) in [6, 6.07) is 7.11. The average molecular weight is 283 g/mol. The Bertz CT molecular complexity index is 724. The number of carbonyl (C=O) groups excluding carboxylic acids is 1. The molecule has 1 aromatic heterocycles. The third kappa shape index (κ3) is 3.25. The normalized spacial score (nSPS) is 10.3. The van der Waals surface area contributed by atoms with Gasteiger partial charge < -0.3 is 4.90 Å². The maximum absolute atomic E-state index is 12.3. The van der Waals surface area contributed by atoms with Crippen LogP contribution in [0.2, 0.25) is 0 Å². The molecule has 0 atom stereocenters. The lowest BCUT2D eigenvalue weighted by Crippen LogP contribution is -2.35. The highest BCUT2D eigenvalue weighted by molar-refractivity contribution is 5.81. The number of para-hydroxylation sites is 1. The highest BCUT2D eigenvalue weighted by Gasteiger charge is 2.13. The highest BCUT2D eigenvalue weighted by Crippen LogP contribution is 2.08. The predicted octanol–water partition coefficient (Wildman–Crippen LogP) is 1.60. The van der Waals surface area contributed by atoms with Crippen molar-refractivity contribution in [2.24, 2.45) is 0 Å². The molecule has 5 heteroatoms. The number of carbonyl (C=O) groups is 1. The minimum atomic E-state index is -0.150. The molecule has 5 nitrogen and oxygen atoms in total. The SMILES string of the molecule is C=CCN(CC=C)C(=O)Cn1ncc(=O)c2ccccc21. The molecule has 2 aromatic rings. The second-order valence-corrected chi connectivity index (χ2v) is 4.56. The predicted molar refractivity (Wildman–Crippen MR) is 83.0 cm³/mol. The van der Waals surface area contributed by atoms with Gasteiger partial charge in [-0.2, -0.15) is 5.10 Å². The van der Waals surface area contributed by atoms with Crippen LogP contribution in [0.15, 0.2) is 60.6 Å². The summed E-state index contributed by atoms with van der Waals surface area (Å²) in [5, 5.41) is 4.61. The van der Waals surface area contributed by atoms with Crippen molar-refractivity contribution in [2.45, 2.75) is 6.54 Å². The van der Waals surface area contributed by atoms with Gasteiger partial charge in [-0.25, -0.2) is 0 Å². The summed E-state index contributed by atoms with van der Waals surface area (Å²) in [6.07, 6.45) is 4.57. The summed E-state index contributed by atoms with van der Waals surface area (Å²) in [5.41, 5.74) is 0.499. The summed E-state index contributed by atoms with van der Waals surface area (Å²) < 4.78 is 1.54. The lowest BCUT2D eigenvalue weighted by molar-refractivity contribution is -0.130. The summed E-state index contributed by atoms with van der Waals surface area (Å²) in [4.78, 5) is 25.7. The first-order valence-electron chi connectivity index (χ1n) is 6.61. The molecule has 0 aliphatic rings. The molecule has 0 bridgehead atoms. The third-order valence-corrected chi connectivity index (χ3v) is 3.10. The van der Waals surface area contributed by atoms with E-state index in [-0.39, 0.29) is 17.9 Å². The zero-order chi connectivity index (χ0) is 15.2. The van der Waals surface area contributed by atoms with Crippen LogP contribution in [0.1, 0.15) is 0 Å². The molecule has 0 spiro atoms. The molecular formula is C16H17N3O2. The minimum Gasteiger partial charge on any atom is -0.334 e. The monoisotopic (exact) mass is 283 g/mol. The molecule has 1 heterocycles. The fourth-order valence-electron chi connectivity index (χ4n) is 2.10. The van der Waals surface area contributed by atoms with Crippen molar-refractivity contribution in [3.8, 4) is 0 Å². The number of amides is 1. The zero-order valence-corrected chi connectivity index (χ0v) is 11.7. The van der Waals surface area contributed by atoms with E-state index in [0.29, 0.717) is 24.0 Å². The Balaban J connectivity index is 2.33. The number of fused-ring (bicyclic) bond motifs is 1. The molecule has 0 radical (unpaired) electrons. The first-order chi connectivity index (χ1) is 10.2. The lowest BCUT2D eigenvalue weighted by atomic mass is 10.2. The van der Waals surface area contributed by atoms with Crippen molar-refractivity contribution >= 4 is 16.8 Å². The molecule has 0 saturated heterocycles. The van der Waals surface area contributed by atoms with Crippen molar-refractivity contribution in [3.05, 3.63) is 66.0 Å². The summed E-state index contributed by atoms with van der Waals surface area (Å²) >= 11 is 0. The Morgan fingerprint density at radius 1 is 1.24 bits per heavy atom. The molecule has 0 N–H and O–H groups in total. The largest absolute Gasteiger partial charge is 0.334 e. The van der Waals surface area contributed by atoms with Crippen molar-refractivity contribution in [1.82, 2.24) is 14.7 Å². The van der Waals surface area contributed by atoms with Gasteiger partial charge in [0.2, 0.25) is 11.3 Å². The van der Waals surface area contributed by atoms with Gasteiger partial charge in [-0.15, -0.1) is 13.2 Å². The van der Waals surface area contributed by atoms with Crippen LogP contribution >= 0.6 is 0 Å². The Kier molecular flexibility index (Phi) is 4.66. The number of benzene rings is 1. The van der Waals surface area contributed by atoms with E-state index in [2.05, 4.69) is 18.3 Å². The topological polar surface area (TPSA) is 55.2 Å². The van der Waals surface area contributed by atoms with Gasteiger partial charge in [0.1, 0.15) is 6.54 Å². The van der Waals surface area contributed by atoms with Crippen molar-refractivity contribution in [1.29, 1.82) is 0 Å². The Labute approximate surface area is 122 Å². The fraction of sp³-hybridized carbons (Fsp3) is 0.188. The van der Waals surface area contributed by atoms with E-state index in [1.54, 1.807) is 35.3 Å². The molecule has 1 aromatic carbocycles. The smallest absolute Gasteiger partial charge is 0.244 e. The molecule has 0 aliphatic heterocycles. The molecule has 1 amide bonds. The molecule has 0 unspecified atom stereocenters. The molecule has 0 fully saturated rings. The number of hydrogen-bond donors (Lipinski definition) is 0. The molecular weight excluding hydrogens is 266 g/mol. The second kappa shape index (κ2) is 6.65. The average Bonchev–Trinajstić information content (AvgIpc) is 2.50. The van der Waals surface area contributed by atoms with Crippen LogP contribution in [0.5, 0.6) is 0 Å². The standard InChI is InChI=1S/C16H17N3O2/c1-3-9-18(10-4-2)16(21)12-19-14-8-6-5-7-13(14)15(20)11-17-19/h3-8,11H,1-2,9-10,12H2. The second-order valence-electron chi connectivity index (χ2n) is 4.56. The number of rotatable bonds is 6. The van der Waals surface area contributed by atoms with Crippen LogP contribution in [-0.4, -0.2) is 33.7 Å². The van der Waals surface area contributed by atoms with Crippen LogP contribution < -0.4 is 5.43 Å². The van der Waals surface area contributed by atoms with Gasteiger partial charge in [-0.1, -0.05) is 24.3 Å². The van der Waals surface area contributed by atoms with E-state index in [1.165, 1.54) is 10.9 Å². The summed E-state index contributed by atoms with van der Waals surface area (Å²) in [7, 11) is 0. The number of hydrogen-bond acceptors (Lipinski definition) is 3. The maximum Gasteiger partial charge on any atom is 0.244 e.